The Hall–Kier alpha value is -2.35. The molecule has 1 aromatic heterocycles. The summed E-state index contributed by atoms with van der Waals surface area (Å²) >= 11 is 0. The Morgan fingerprint density at radius 1 is 1.22 bits per heavy atom. The molecule has 0 bridgehead atoms. The maximum Gasteiger partial charge on any atom is 0.256 e. The van der Waals surface area contributed by atoms with Crippen molar-refractivity contribution in [1.82, 2.24) is 9.78 Å². The molecule has 1 atom stereocenters. The van der Waals surface area contributed by atoms with Crippen LogP contribution in [0.2, 0.25) is 0 Å². The van der Waals surface area contributed by atoms with Crippen molar-refractivity contribution in [1.29, 1.82) is 0 Å². The van der Waals surface area contributed by atoms with E-state index in [-0.39, 0.29) is 11.9 Å². The number of hydrogen-bond acceptors (Lipinski definition) is 4. The number of fused-ring (bicyclic) bond motifs is 1. The Balaban J connectivity index is 1.56. The number of aromatic nitrogens is 2. The Labute approximate surface area is 159 Å². The number of nitrogens with one attached hydrogen (secondary N) is 1. The topological polar surface area (TPSA) is 84.3 Å². The van der Waals surface area contributed by atoms with Crippen LogP contribution in [0.1, 0.15) is 54.6 Å². The van der Waals surface area contributed by atoms with E-state index in [9.17, 15) is 13.2 Å². The highest BCUT2D eigenvalue weighted by Crippen LogP contribution is 2.35. The fraction of sp³-hybridized carbons (Fsp3) is 0.474. The summed E-state index contributed by atoms with van der Waals surface area (Å²) in [6.07, 6.45) is 8.08. The molecule has 7 nitrogen and oxygen atoms in total. The average molecular weight is 388 g/mol. The molecule has 27 heavy (non-hydrogen) atoms. The van der Waals surface area contributed by atoms with Gasteiger partial charge in [-0.15, -0.1) is 0 Å². The summed E-state index contributed by atoms with van der Waals surface area (Å²) in [5.41, 5.74) is 2.07. The number of amides is 1. The van der Waals surface area contributed by atoms with Gasteiger partial charge in [-0.2, -0.15) is 5.10 Å². The largest absolute Gasteiger partial charge is 0.307 e. The maximum atomic E-state index is 12.8. The van der Waals surface area contributed by atoms with Gasteiger partial charge in [0.1, 0.15) is 5.82 Å². The molecule has 1 aliphatic heterocycles. The van der Waals surface area contributed by atoms with Gasteiger partial charge < -0.3 is 5.32 Å². The first-order valence-corrected chi connectivity index (χ1v) is 11.2. The number of anilines is 2. The van der Waals surface area contributed by atoms with Crippen LogP contribution in [0.3, 0.4) is 0 Å². The van der Waals surface area contributed by atoms with Crippen molar-refractivity contribution in [3.8, 4) is 0 Å². The van der Waals surface area contributed by atoms with Crippen LogP contribution >= 0.6 is 0 Å². The Morgan fingerprint density at radius 3 is 2.67 bits per heavy atom. The van der Waals surface area contributed by atoms with E-state index in [1.807, 2.05) is 17.7 Å². The SMILES string of the molecule is CC1Cc2cc(C(=O)Nc3ccnn3C3CCCC3)ccc2N1S(C)(=O)=O. The van der Waals surface area contributed by atoms with E-state index in [4.69, 9.17) is 0 Å². The summed E-state index contributed by atoms with van der Waals surface area (Å²) in [4.78, 5) is 12.8. The van der Waals surface area contributed by atoms with Crippen molar-refractivity contribution in [3.63, 3.8) is 0 Å². The van der Waals surface area contributed by atoms with Crippen LogP contribution in [0.4, 0.5) is 11.5 Å². The van der Waals surface area contributed by atoms with Gasteiger partial charge in [0.2, 0.25) is 10.0 Å². The molecule has 1 amide bonds. The number of carbonyl (C=O) groups excluding carboxylic acids is 1. The number of sulfonamides is 1. The van der Waals surface area contributed by atoms with Gasteiger partial charge >= 0.3 is 0 Å². The zero-order valence-corrected chi connectivity index (χ0v) is 16.4. The van der Waals surface area contributed by atoms with E-state index in [1.54, 1.807) is 24.4 Å². The second kappa shape index (κ2) is 6.67. The monoisotopic (exact) mass is 388 g/mol. The molecule has 1 aromatic carbocycles. The van der Waals surface area contributed by atoms with Crippen LogP contribution in [-0.4, -0.2) is 36.4 Å². The molecule has 1 saturated carbocycles. The Morgan fingerprint density at radius 2 is 1.96 bits per heavy atom. The molecule has 2 aromatic rings. The van der Waals surface area contributed by atoms with Gasteiger partial charge in [-0.3, -0.25) is 9.10 Å². The first-order valence-electron chi connectivity index (χ1n) is 9.32. The lowest BCUT2D eigenvalue weighted by Gasteiger charge is -2.22. The molecule has 4 rings (SSSR count). The first kappa shape index (κ1) is 18.0. The molecular weight excluding hydrogens is 364 g/mol. The fourth-order valence-electron chi connectivity index (χ4n) is 4.29. The van der Waals surface area contributed by atoms with Crippen molar-refractivity contribution in [2.75, 3.05) is 15.9 Å². The second-order valence-electron chi connectivity index (χ2n) is 7.51. The predicted octanol–water partition coefficient (Wildman–Crippen LogP) is 2.96. The van der Waals surface area contributed by atoms with Gasteiger partial charge in [0.15, 0.2) is 0 Å². The molecule has 8 heteroatoms. The fourth-order valence-corrected chi connectivity index (χ4v) is 5.55. The van der Waals surface area contributed by atoms with Crippen LogP contribution in [-0.2, 0) is 16.4 Å². The molecule has 0 saturated heterocycles. The maximum absolute atomic E-state index is 12.8. The molecule has 144 valence electrons. The number of nitrogens with zero attached hydrogens (tertiary/aromatic N) is 3. The molecule has 2 heterocycles. The number of hydrogen-bond donors (Lipinski definition) is 1. The third-order valence-corrected chi connectivity index (χ3v) is 6.71. The first-order chi connectivity index (χ1) is 12.8. The molecule has 1 unspecified atom stereocenters. The summed E-state index contributed by atoms with van der Waals surface area (Å²) in [6, 6.07) is 7.22. The molecule has 0 spiro atoms. The van der Waals surface area contributed by atoms with E-state index in [2.05, 4.69) is 10.4 Å². The Kier molecular flexibility index (Phi) is 4.46. The van der Waals surface area contributed by atoms with Crippen molar-refractivity contribution in [2.45, 2.75) is 51.1 Å². The normalized spacial score (nSPS) is 20.1. The summed E-state index contributed by atoms with van der Waals surface area (Å²) < 4.78 is 27.4. The standard InChI is InChI=1S/C19H24N4O3S/c1-13-11-15-12-14(7-8-17(15)23(13)27(2,25)26)19(24)21-18-9-10-20-22(18)16-5-3-4-6-16/h7-10,12-13,16H,3-6,11H2,1-2H3,(H,21,24). The molecule has 2 aliphatic rings. The summed E-state index contributed by atoms with van der Waals surface area (Å²) in [5, 5.41) is 7.34. The third-order valence-electron chi connectivity index (χ3n) is 5.43. The average Bonchev–Trinajstić information content (AvgIpc) is 3.31. The molecule has 1 fully saturated rings. The summed E-state index contributed by atoms with van der Waals surface area (Å²) in [5.74, 6) is 0.501. The van der Waals surface area contributed by atoms with Crippen LogP contribution in [0.5, 0.6) is 0 Å². The zero-order valence-electron chi connectivity index (χ0n) is 15.6. The van der Waals surface area contributed by atoms with Gasteiger partial charge in [0.25, 0.3) is 5.91 Å². The number of rotatable bonds is 4. The smallest absolute Gasteiger partial charge is 0.256 e. The van der Waals surface area contributed by atoms with E-state index >= 15 is 0 Å². The molecule has 1 N–H and O–H groups in total. The zero-order chi connectivity index (χ0) is 19.2. The minimum Gasteiger partial charge on any atom is -0.307 e. The van der Waals surface area contributed by atoms with Crippen LogP contribution in [0.15, 0.2) is 30.5 Å². The lowest BCUT2D eigenvalue weighted by atomic mass is 10.1. The summed E-state index contributed by atoms with van der Waals surface area (Å²) in [6.45, 7) is 1.88. The highest BCUT2D eigenvalue weighted by molar-refractivity contribution is 7.92. The minimum absolute atomic E-state index is 0.142. The van der Waals surface area contributed by atoms with Gasteiger partial charge in [0, 0.05) is 17.7 Å². The van der Waals surface area contributed by atoms with Crippen molar-refractivity contribution >= 4 is 27.4 Å². The third kappa shape index (κ3) is 3.34. The van der Waals surface area contributed by atoms with E-state index in [0.29, 0.717) is 29.5 Å². The lowest BCUT2D eigenvalue weighted by Crippen LogP contribution is -2.34. The van der Waals surface area contributed by atoms with Crippen molar-refractivity contribution in [2.24, 2.45) is 0 Å². The summed E-state index contributed by atoms with van der Waals surface area (Å²) in [7, 11) is -3.33. The Bertz CT molecular complexity index is 977. The van der Waals surface area contributed by atoms with Crippen molar-refractivity contribution in [3.05, 3.63) is 41.6 Å². The van der Waals surface area contributed by atoms with Gasteiger partial charge in [-0.1, -0.05) is 12.8 Å². The van der Waals surface area contributed by atoms with Crippen LogP contribution in [0.25, 0.3) is 0 Å². The predicted molar refractivity (Wildman–Crippen MR) is 105 cm³/mol. The molecule has 1 aliphatic carbocycles. The van der Waals surface area contributed by atoms with Crippen LogP contribution < -0.4 is 9.62 Å². The van der Waals surface area contributed by atoms with E-state index in [1.165, 1.54) is 23.4 Å². The second-order valence-corrected chi connectivity index (χ2v) is 9.37. The lowest BCUT2D eigenvalue weighted by molar-refractivity contribution is 0.102. The number of benzene rings is 1. The minimum atomic E-state index is -3.33. The molecular formula is C19H24N4O3S. The van der Waals surface area contributed by atoms with Gasteiger partial charge in [0.05, 0.1) is 24.2 Å². The quantitative estimate of drug-likeness (QED) is 0.873. The highest BCUT2D eigenvalue weighted by Gasteiger charge is 2.33. The number of carbonyl (C=O) groups is 1. The van der Waals surface area contributed by atoms with Crippen molar-refractivity contribution < 1.29 is 13.2 Å². The van der Waals surface area contributed by atoms with E-state index in [0.717, 1.165) is 18.4 Å². The van der Waals surface area contributed by atoms with Crippen LogP contribution in [0, 0.1) is 0 Å². The van der Waals surface area contributed by atoms with Gasteiger partial charge in [-0.25, -0.2) is 13.1 Å². The van der Waals surface area contributed by atoms with Gasteiger partial charge in [-0.05, 0) is 49.9 Å². The highest BCUT2D eigenvalue weighted by atomic mass is 32.2. The molecule has 0 radical (unpaired) electrons. The van der Waals surface area contributed by atoms with E-state index < -0.39 is 10.0 Å².